The summed E-state index contributed by atoms with van der Waals surface area (Å²) in [5, 5.41) is 19.0. The molecule has 22 heteroatoms. The van der Waals surface area contributed by atoms with Crippen molar-refractivity contribution < 1.29 is 57.7 Å². The molecule has 20 nitrogen and oxygen atoms in total. The number of quaternary nitrogens is 1. The van der Waals surface area contributed by atoms with E-state index in [0.29, 0.717) is 35.4 Å². The maximum Gasteiger partial charge on any atom is 0.350 e. The van der Waals surface area contributed by atoms with Crippen molar-refractivity contribution >= 4 is 71.1 Å². The van der Waals surface area contributed by atoms with Crippen LogP contribution >= 0.6 is 23.2 Å². The first kappa shape index (κ1) is 62.9. The summed E-state index contributed by atoms with van der Waals surface area (Å²) >= 11 is 12.8. The molecule has 0 amide bonds. The van der Waals surface area contributed by atoms with Crippen LogP contribution in [0, 0.1) is 0 Å². The Labute approximate surface area is 478 Å². The van der Waals surface area contributed by atoms with E-state index in [4.69, 9.17) is 56.7 Å². The molecular formula is C58H79Cl2N8O12+. The van der Waals surface area contributed by atoms with Crippen molar-refractivity contribution in [3.05, 3.63) is 99.2 Å². The van der Waals surface area contributed by atoms with Gasteiger partial charge < -0.3 is 43.3 Å². The SMILES string of the molecule is CCC(C)n1ncn(-c2ccc(N3CCN(c4ccc(OCC5COC(C[NH+]6C=NC=N6)(c6ccc(Cl)cc6Cl)O5)cc4)CC3)cc2)c1=O.CCCCCCCC(=O)OCC(COC(=O)CCCCCCC)OC(=O)CCC(=O)O. The van der Waals surface area contributed by atoms with E-state index in [9.17, 15) is 24.0 Å². The number of carbonyl (C=O) groups excluding carboxylic acids is 3. The fourth-order valence-electron chi connectivity index (χ4n) is 9.15. The number of nitrogens with zero attached hydrogens (tertiary/aromatic N) is 7. The van der Waals surface area contributed by atoms with Crippen molar-refractivity contribution in [3.8, 4) is 11.4 Å². The van der Waals surface area contributed by atoms with E-state index < -0.39 is 35.8 Å². The van der Waals surface area contributed by atoms with Crippen LogP contribution in [0.15, 0.2) is 87.9 Å². The number of aliphatic imine (C=N–C) groups is 1. The van der Waals surface area contributed by atoms with Crippen LogP contribution in [-0.2, 0) is 48.6 Å². The number of carboxylic acids is 1. The highest BCUT2D eigenvalue weighted by molar-refractivity contribution is 6.35. The van der Waals surface area contributed by atoms with Crippen LogP contribution < -0.4 is 25.2 Å². The molecule has 4 aromatic rings. The number of esters is 3. The van der Waals surface area contributed by atoms with Crippen LogP contribution in [0.5, 0.6) is 5.75 Å². The number of unbranched alkanes of at least 4 members (excludes halogenated alkanes) is 8. The van der Waals surface area contributed by atoms with E-state index in [-0.39, 0.29) is 56.7 Å². The quantitative estimate of drug-likeness (QED) is 0.0273. The van der Waals surface area contributed by atoms with Crippen LogP contribution in [0.1, 0.15) is 136 Å². The second-order valence-corrected chi connectivity index (χ2v) is 20.9. The van der Waals surface area contributed by atoms with Crippen LogP contribution in [0.4, 0.5) is 11.4 Å². The molecule has 0 radical (unpaired) electrons. The Morgan fingerprint density at radius 2 is 1.35 bits per heavy atom. The molecule has 0 saturated carbocycles. The fourth-order valence-corrected chi connectivity index (χ4v) is 9.71. The molecule has 3 aliphatic rings. The summed E-state index contributed by atoms with van der Waals surface area (Å²) in [5.41, 5.74) is 3.67. The van der Waals surface area contributed by atoms with Gasteiger partial charge in [-0.3, -0.25) is 19.2 Å². The first-order valence-corrected chi connectivity index (χ1v) is 28.9. The molecule has 0 bridgehead atoms. The van der Waals surface area contributed by atoms with E-state index in [1.807, 2.05) is 44.2 Å². The summed E-state index contributed by atoms with van der Waals surface area (Å²) in [6.07, 6.45) is 14.3. The molecule has 80 heavy (non-hydrogen) atoms. The third kappa shape index (κ3) is 19.7. The molecule has 436 valence electrons. The van der Waals surface area contributed by atoms with E-state index >= 15 is 0 Å². The average Bonchev–Trinajstić information content (AvgIpc) is 4.25. The van der Waals surface area contributed by atoms with Crippen molar-refractivity contribution in [2.75, 3.05) is 69.0 Å². The van der Waals surface area contributed by atoms with Gasteiger partial charge in [-0.15, -0.1) is 0 Å². The number of nitrogens with one attached hydrogen (secondary N) is 1. The molecule has 4 unspecified atom stereocenters. The Morgan fingerprint density at radius 1 is 0.762 bits per heavy atom. The molecule has 4 atom stereocenters. The molecular weight excluding hydrogens is 1070 g/mol. The number of carboxylic acid groups (broad SMARTS) is 1. The first-order valence-electron chi connectivity index (χ1n) is 28.1. The summed E-state index contributed by atoms with van der Waals surface area (Å²) in [5.74, 6) is -3.01. The van der Waals surface area contributed by atoms with Crippen LogP contribution in [0.2, 0.25) is 10.0 Å². The summed E-state index contributed by atoms with van der Waals surface area (Å²) in [6.45, 7) is 12.4. The third-order valence-corrected chi connectivity index (χ3v) is 14.5. The maximum absolute atomic E-state index is 12.8. The van der Waals surface area contributed by atoms with Gasteiger partial charge in [0.25, 0.3) is 5.79 Å². The van der Waals surface area contributed by atoms with Crippen molar-refractivity contribution in [1.29, 1.82) is 0 Å². The zero-order chi connectivity index (χ0) is 57.3. The van der Waals surface area contributed by atoms with Gasteiger partial charge in [-0.1, -0.05) is 107 Å². The summed E-state index contributed by atoms with van der Waals surface area (Å²) in [4.78, 5) is 67.9. The Bertz CT molecular complexity index is 2650. The van der Waals surface area contributed by atoms with Gasteiger partial charge in [0.15, 0.2) is 19.0 Å². The van der Waals surface area contributed by atoms with Gasteiger partial charge in [0.2, 0.25) is 6.34 Å². The Balaban J connectivity index is 0.000000290. The number of rotatable bonds is 31. The summed E-state index contributed by atoms with van der Waals surface area (Å²) in [6, 6.07) is 21.6. The molecule has 2 fully saturated rings. The zero-order valence-corrected chi connectivity index (χ0v) is 48.1. The van der Waals surface area contributed by atoms with Crippen molar-refractivity contribution in [3.63, 3.8) is 0 Å². The van der Waals surface area contributed by atoms with Crippen LogP contribution in [0.25, 0.3) is 5.69 Å². The minimum atomic E-state index is -1.12. The largest absolute Gasteiger partial charge is 0.491 e. The third-order valence-electron chi connectivity index (χ3n) is 13.9. The molecule has 3 aromatic carbocycles. The number of hydrogen-bond donors (Lipinski definition) is 2. The standard InChI is InChI=1S/C35H38Cl2N8O4.C23H40O8/c1-3-25(2)45-34(46)44(24-40-45)29-7-5-27(6-8-29)41-14-16-42(17-15-41)28-9-11-30(12-10-28)47-19-31-20-48-35(49-31,21-43-23-38-22-39-43)32-13-4-26(36)18-33(32)37;1-3-5-7-9-11-13-21(26)29-17-19(31-23(28)16-15-20(24)25)18-30-22(27)14-12-10-8-6-4-2/h4-13,18,22-25,31H,3,14-17,19-21H2,1-2H3;19H,3-18H2,1-2H3,(H,24,25)/p+1. The van der Waals surface area contributed by atoms with Gasteiger partial charge in [0, 0.05) is 61.0 Å². The van der Waals surface area contributed by atoms with Crippen molar-refractivity contribution in [2.45, 2.75) is 148 Å². The number of piperazine rings is 1. The highest BCUT2D eigenvalue weighted by Crippen LogP contribution is 2.39. The number of ether oxygens (including phenoxy) is 6. The first-order chi connectivity index (χ1) is 38.7. The molecule has 7 rings (SSSR count). The Hall–Kier alpha value is -6.32. The number of anilines is 2. The number of carbonyl (C=O) groups is 4. The van der Waals surface area contributed by atoms with Gasteiger partial charge in [0.05, 0.1) is 36.2 Å². The normalized spacial score (nSPS) is 18.0. The smallest absolute Gasteiger partial charge is 0.350 e. The number of benzene rings is 3. The molecule has 1 aromatic heterocycles. The van der Waals surface area contributed by atoms with Gasteiger partial charge in [-0.2, -0.15) is 15.1 Å². The number of aliphatic carboxylic acids is 1. The van der Waals surface area contributed by atoms with E-state index in [1.165, 1.54) is 11.0 Å². The van der Waals surface area contributed by atoms with Crippen LogP contribution in [-0.4, -0.2) is 127 Å². The highest BCUT2D eigenvalue weighted by atomic mass is 35.5. The predicted molar refractivity (Wildman–Crippen MR) is 306 cm³/mol. The summed E-state index contributed by atoms with van der Waals surface area (Å²) in [7, 11) is 0. The van der Waals surface area contributed by atoms with E-state index in [0.717, 1.165) is 125 Å². The summed E-state index contributed by atoms with van der Waals surface area (Å²) < 4.78 is 37.6. The minimum Gasteiger partial charge on any atom is -0.491 e. The lowest BCUT2D eigenvalue weighted by molar-refractivity contribution is -0.817. The lowest BCUT2D eigenvalue weighted by Crippen LogP contribution is -3.07. The van der Waals surface area contributed by atoms with E-state index in [1.54, 1.807) is 29.4 Å². The van der Waals surface area contributed by atoms with Gasteiger partial charge in [-0.05, 0) is 86.8 Å². The molecule has 0 spiro atoms. The Morgan fingerprint density at radius 3 is 1.90 bits per heavy atom. The van der Waals surface area contributed by atoms with Gasteiger partial charge in [-0.25, -0.2) is 14.0 Å². The molecule has 0 aliphatic carbocycles. The Kier molecular flexibility index (Phi) is 25.8. The predicted octanol–water partition coefficient (Wildman–Crippen LogP) is 8.73. The second-order valence-electron chi connectivity index (χ2n) is 20.1. The molecule has 4 heterocycles. The number of aromatic nitrogens is 3. The lowest BCUT2D eigenvalue weighted by atomic mass is 10.1. The number of halogens is 2. The van der Waals surface area contributed by atoms with Crippen LogP contribution in [0.3, 0.4) is 0 Å². The maximum atomic E-state index is 12.8. The van der Waals surface area contributed by atoms with Crippen molar-refractivity contribution in [1.82, 2.24) is 14.3 Å². The molecule has 2 N–H and O–H groups in total. The number of hydrogen-bond acceptors (Lipinski definition) is 16. The second kappa shape index (κ2) is 32.8. The molecule has 3 aliphatic heterocycles. The minimum absolute atomic E-state index is 0.0651. The monoisotopic (exact) mass is 1150 g/mol. The average molecular weight is 1150 g/mol. The van der Waals surface area contributed by atoms with Gasteiger partial charge >= 0.3 is 29.6 Å². The van der Waals surface area contributed by atoms with Gasteiger partial charge in [0.1, 0.15) is 38.0 Å². The van der Waals surface area contributed by atoms with Crippen molar-refractivity contribution in [2.24, 2.45) is 10.1 Å². The topological polar surface area (TPSA) is 219 Å². The lowest BCUT2D eigenvalue weighted by Gasteiger charge is -2.37. The molecule has 2 saturated heterocycles. The zero-order valence-electron chi connectivity index (χ0n) is 46.6. The highest BCUT2D eigenvalue weighted by Gasteiger charge is 2.49. The fraction of sp³-hybridized carbons (Fsp3) is 0.552. The van der Waals surface area contributed by atoms with E-state index in [2.05, 4.69) is 63.1 Å².